The summed E-state index contributed by atoms with van der Waals surface area (Å²) in [6.07, 6.45) is 0. The van der Waals surface area contributed by atoms with Gasteiger partial charge >= 0.3 is 0 Å². The standard InChI is InChI=1S/C130H125BN6/c1-123(2,3)91-58-87(59-92(73-91)124(4,5)6)106-67-84(82-42-37-39-80(57-82)79-132)68-107(88-60-93(125(7,8)9)74-94(61-88)126(10,11)12)121(106)136-116-77-100(134-112-49-33-29-45-102(112)103-46-30-34-50-113(103)134)53-55-110(116)131-111-56-54-101(135-114-51-35-31-47-104(114)105-48-32-36-52-115(105)135)78-117(111)137(119-72-86(71-118(136)120(119)131)81-40-27-26-28-41-81)122-108(89-62-95(127(13,14)15)75-96(63-89)128(16,17)18)69-85(83-43-38-44-99(66-83)133-25)70-109(122)90-64-97(129(19,20)21)76-98(65-90)130(22,23)24/h26-78H,1-24H3. The first-order valence-electron chi connectivity index (χ1n) is 49.0. The fraction of sp³-hybridized carbons (Fsp3) is 0.246. The Hall–Kier alpha value is -14.2. The van der Waals surface area contributed by atoms with Gasteiger partial charge in [-0.1, -0.05) is 385 Å². The zero-order chi connectivity index (χ0) is 96.6. The molecule has 20 rings (SSSR count). The van der Waals surface area contributed by atoms with Gasteiger partial charge in [0.1, 0.15) is 0 Å². The summed E-state index contributed by atoms with van der Waals surface area (Å²) >= 11 is 0. The van der Waals surface area contributed by atoms with E-state index in [1.54, 1.807) is 0 Å². The predicted molar refractivity (Wildman–Crippen MR) is 588 cm³/mol. The fourth-order valence-electron chi connectivity index (χ4n) is 21.0. The van der Waals surface area contributed by atoms with E-state index in [0.29, 0.717) is 11.3 Å². The van der Waals surface area contributed by atoms with E-state index in [1.165, 1.54) is 66.1 Å². The molecule has 0 saturated heterocycles. The zero-order valence-electron chi connectivity index (χ0n) is 84.4. The molecule has 0 N–H and O–H groups in total. The summed E-state index contributed by atoms with van der Waals surface area (Å²) in [5.74, 6) is 0. The second kappa shape index (κ2) is 32.8. The summed E-state index contributed by atoms with van der Waals surface area (Å²) < 4.78 is 5.03. The average molecular weight is 1780 g/mol. The maximum absolute atomic E-state index is 11.1. The molecule has 16 aromatic carbocycles. The molecule has 2 aliphatic heterocycles. The molecular formula is C130H125BN6. The molecular weight excluding hydrogens is 1660 g/mol. The number of hydrogen-bond donors (Lipinski definition) is 0. The molecule has 0 amide bonds. The molecule has 0 aliphatic carbocycles. The molecule has 0 radical (unpaired) electrons. The molecule has 2 aromatic heterocycles. The molecule has 678 valence electrons. The van der Waals surface area contributed by atoms with E-state index >= 15 is 0 Å². The van der Waals surface area contributed by atoms with Gasteiger partial charge in [-0.25, -0.2) is 4.85 Å². The minimum atomic E-state index is -0.425. The lowest BCUT2D eigenvalue weighted by Crippen LogP contribution is -2.61. The van der Waals surface area contributed by atoms with Crippen molar-refractivity contribution in [3.63, 3.8) is 0 Å². The second-order valence-corrected chi connectivity index (χ2v) is 47.0. The Bertz CT molecular complexity index is 7190. The highest BCUT2D eigenvalue weighted by atomic mass is 15.2. The SMILES string of the molecule is [C-]#[N+]c1cccc(-c2cc(-c3cc(C(C)(C)C)cc(C(C)(C)C)c3)c(N3c4cc(-n5c6ccccc6c6ccccc65)ccc4B4c5ccc(-n6c7ccccc7c7ccccc76)cc5N(c5c(-c6cc(C(C)(C)C)cc(C(C)(C)C)c6)cc(-c6cccc(C#N)c6)cc5-c5cc(C(C)(C)C)cc(C(C)(C)C)c5)c5cc(-c6ccccc6)cc3c54)c(-c3cc(C(C)(C)C)cc(C(C)(C)C)c3)c2)c1. The van der Waals surface area contributed by atoms with Gasteiger partial charge in [0.2, 0.25) is 0 Å². The highest BCUT2D eigenvalue weighted by Crippen LogP contribution is 2.58. The van der Waals surface area contributed by atoms with Gasteiger partial charge in [-0.15, -0.1) is 0 Å². The third-order valence-electron chi connectivity index (χ3n) is 29.0. The molecule has 7 heteroatoms. The number of anilines is 6. The first-order chi connectivity index (χ1) is 64.9. The molecule has 4 heterocycles. The summed E-state index contributed by atoms with van der Waals surface area (Å²) in [5, 5.41) is 15.8. The number of aromatic nitrogens is 2. The van der Waals surface area contributed by atoms with Crippen LogP contribution in [0.5, 0.6) is 0 Å². The Kier molecular flexibility index (Phi) is 21.7. The van der Waals surface area contributed by atoms with Crippen LogP contribution in [0.3, 0.4) is 0 Å². The van der Waals surface area contributed by atoms with Crippen molar-refractivity contribution < 1.29 is 0 Å². The number of nitriles is 1. The molecule has 0 unspecified atom stereocenters. The summed E-state index contributed by atoms with van der Waals surface area (Å²) in [7, 11) is 0. The lowest BCUT2D eigenvalue weighted by atomic mass is 9.33. The molecule has 0 saturated carbocycles. The third kappa shape index (κ3) is 16.3. The van der Waals surface area contributed by atoms with Crippen molar-refractivity contribution in [3.05, 3.63) is 383 Å². The normalized spacial score (nSPS) is 13.2. The van der Waals surface area contributed by atoms with Gasteiger partial charge in [-0.3, -0.25) is 0 Å². The quantitative estimate of drug-likeness (QED) is 0.0958. The van der Waals surface area contributed by atoms with Gasteiger partial charge < -0.3 is 18.9 Å². The number of benzene rings is 16. The van der Waals surface area contributed by atoms with Gasteiger partial charge in [0, 0.05) is 77.9 Å². The van der Waals surface area contributed by atoms with Crippen LogP contribution in [0.15, 0.2) is 322 Å². The maximum atomic E-state index is 11.1. The Balaban J connectivity index is 1.05. The minimum absolute atomic E-state index is 0.284. The average Bonchev–Trinajstić information content (AvgIpc) is 1.16. The van der Waals surface area contributed by atoms with Crippen LogP contribution >= 0.6 is 0 Å². The summed E-state index contributed by atoms with van der Waals surface area (Å²) in [4.78, 5) is 9.72. The second-order valence-electron chi connectivity index (χ2n) is 47.0. The van der Waals surface area contributed by atoms with E-state index in [-0.39, 0.29) is 43.3 Å². The largest absolute Gasteiger partial charge is 0.310 e. The lowest BCUT2D eigenvalue weighted by molar-refractivity contribution is 0.568. The number of hydrogen-bond acceptors (Lipinski definition) is 3. The first-order valence-corrected chi connectivity index (χ1v) is 49.0. The molecule has 2 aliphatic rings. The molecule has 0 spiro atoms. The summed E-state index contributed by atoms with van der Waals surface area (Å²) in [6.45, 7) is 65.0. The van der Waals surface area contributed by atoms with Crippen molar-refractivity contribution in [1.82, 2.24) is 9.13 Å². The van der Waals surface area contributed by atoms with Gasteiger partial charge in [-0.05, 0) is 263 Å². The van der Waals surface area contributed by atoms with E-state index in [0.717, 1.165) is 162 Å². The monoisotopic (exact) mass is 1780 g/mol. The zero-order valence-corrected chi connectivity index (χ0v) is 84.4. The molecule has 137 heavy (non-hydrogen) atoms. The van der Waals surface area contributed by atoms with Gasteiger partial charge in [0.05, 0.1) is 51.6 Å². The van der Waals surface area contributed by atoms with Crippen molar-refractivity contribution in [2.75, 3.05) is 9.80 Å². The topological polar surface area (TPSA) is 44.5 Å². The van der Waals surface area contributed by atoms with Crippen LogP contribution in [0.2, 0.25) is 0 Å². The first kappa shape index (κ1) is 90.6. The van der Waals surface area contributed by atoms with Gasteiger partial charge in [-0.2, -0.15) is 5.26 Å². The number of fused-ring (bicyclic) bond motifs is 10. The van der Waals surface area contributed by atoms with E-state index in [2.05, 4.69) is 505 Å². The minimum Gasteiger partial charge on any atom is -0.310 e. The van der Waals surface area contributed by atoms with Gasteiger partial charge in [0.15, 0.2) is 5.69 Å². The molecule has 18 aromatic rings. The van der Waals surface area contributed by atoms with Crippen LogP contribution < -0.4 is 26.2 Å². The van der Waals surface area contributed by atoms with E-state index in [9.17, 15) is 5.26 Å². The van der Waals surface area contributed by atoms with Crippen molar-refractivity contribution in [2.45, 2.75) is 209 Å². The highest BCUT2D eigenvalue weighted by molar-refractivity contribution is 7.00. The van der Waals surface area contributed by atoms with E-state index in [4.69, 9.17) is 6.57 Å². The van der Waals surface area contributed by atoms with Gasteiger partial charge in [0.25, 0.3) is 6.71 Å². The van der Waals surface area contributed by atoms with Crippen LogP contribution in [0.4, 0.5) is 39.8 Å². The Morgan fingerprint density at radius 3 is 0.839 bits per heavy atom. The van der Waals surface area contributed by atoms with Crippen LogP contribution in [-0.2, 0) is 43.3 Å². The number of rotatable bonds is 11. The van der Waals surface area contributed by atoms with Crippen LogP contribution in [0, 0.1) is 17.9 Å². The van der Waals surface area contributed by atoms with Crippen molar-refractivity contribution in [1.29, 1.82) is 5.26 Å². The highest BCUT2D eigenvalue weighted by Gasteiger charge is 2.47. The Morgan fingerprint density at radius 2 is 0.533 bits per heavy atom. The molecule has 6 nitrogen and oxygen atoms in total. The number of para-hydroxylation sites is 4. The van der Waals surface area contributed by atoms with Crippen LogP contribution in [-0.4, -0.2) is 15.8 Å². The molecule has 0 fully saturated rings. The van der Waals surface area contributed by atoms with Crippen molar-refractivity contribution in [2.24, 2.45) is 0 Å². The Morgan fingerprint density at radius 1 is 0.248 bits per heavy atom. The lowest BCUT2D eigenvalue weighted by Gasteiger charge is -2.46. The summed E-state index contributed by atoms with van der Waals surface area (Å²) in [6, 6.07) is 126. The maximum Gasteiger partial charge on any atom is 0.252 e. The number of nitrogens with zero attached hydrogens (tertiary/aromatic N) is 6. The smallest absolute Gasteiger partial charge is 0.252 e. The van der Waals surface area contributed by atoms with E-state index < -0.39 is 6.71 Å². The van der Waals surface area contributed by atoms with Crippen molar-refractivity contribution in [3.8, 4) is 95.3 Å². The molecule has 0 atom stereocenters. The molecule has 0 bridgehead atoms. The predicted octanol–water partition coefficient (Wildman–Crippen LogP) is 34.4. The summed E-state index contributed by atoms with van der Waals surface area (Å²) in [5.41, 5.74) is 39.7. The third-order valence-corrected chi connectivity index (χ3v) is 29.0. The van der Waals surface area contributed by atoms with Crippen LogP contribution in [0.25, 0.3) is 138 Å². The Labute approximate surface area is 812 Å². The van der Waals surface area contributed by atoms with Crippen LogP contribution in [0.1, 0.15) is 216 Å². The van der Waals surface area contributed by atoms with Crippen molar-refractivity contribution >= 4 is 107 Å². The fourth-order valence-corrected chi connectivity index (χ4v) is 21.0. The van der Waals surface area contributed by atoms with E-state index in [1.807, 2.05) is 12.1 Å².